The molecule has 0 spiro atoms. The first-order valence-corrected chi connectivity index (χ1v) is 3.13. The Labute approximate surface area is 48.1 Å². The molecular formula is C6H10FN. The maximum Gasteiger partial charge on any atom is 0.110 e. The summed E-state index contributed by atoms with van der Waals surface area (Å²) in [5, 5.41) is 0. The second-order valence-electron chi connectivity index (χ2n) is 3.14. The molecule has 0 aromatic heterocycles. The van der Waals surface area contributed by atoms with Gasteiger partial charge in [-0.05, 0) is 18.8 Å². The Morgan fingerprint density at radius 2 is 2.25 bits per heavy atom. The molecule has 2 N–H and O–H groups in total. The van der Waals surface area contributed by atoms with Gasteiger partial charge < -0.3 is 5.73 Å². The molecule has 0 aliphatic heterocycles. The normalized spacial score (nSPS) is 59.2. The maximum absolute atomic E-state index is 12.5. The molecule has 1 atom stereocenters. The van der Waals surface area contributed by atoms with E-state index < -0.39 is 6.17 Å². The molecule has 0 aromatic rings. The van der Waals surface area contributed by atoms with Crippen LogP contribution in [0.3, 0.4) is 0 Å². The minimum absolute atomic E-state index is 0.0231. The number of hydrogen-bond donors (Lipinski definition) is 1. The average molecular weight is 115 g/mol. The minimum atomic E-state index is -0.535. The smallest absolute Gasteiger partial charge is 0.110 e. The molecule has 2 heteroatoms. The number of halogens is 1. The van der Waals surface area contributed by atoms with Gasteiger partial charge in [-0.3, -0.25) is 0 Å². The monoisotopic (exact) mass is 115 g/mol. The third kappa shape index (κ3) is 0.269. The van der Waals surface area contributed by atoms with Crippen LogP contribution in [0.4, 0.5) is 4.39 Å². The van der Waals surface area contributed by atoms with E-state index in [4.69, 9.17) is 5.73 Å². The van der Waals surface area contributed by atoms with E-state index in [1.807, 2.05) is 0 Å². The lowest BCUT2D eigenvalue weighted by Gasteiger charge is -2.64. The Kier molecular flexibility index (Phi) is 0.639. The molecule has 3 aliphatic rings. The highest BCUT2D eigenvalue weighted by Gasteiger charge is 2.65. The van der Waals surface area contributed by atoms with Crippen LogP contribution in [0, 0.1) is 11.3 Å². The molecule has 8 heavy (non-hydrogen) atoms. The highest BCUT2D eigenvalue weighted by molar-refractivity contribution is 5.15. The molecule has 0 radical (unpaired) electrons. The lowest BCUT2D eigenvalue weighted by molar-refractivity contribution is -0.191. The van der Waals surface area contributed by atoms with E-state index in [0.717, 1.165) is 12.8 Å². The first kappa shape index (κ1) is 4.74. The van der Waals surface area contributed by atoms with Crippen LogP contribution in [0.25, 0.3) is 0 Å². The van der Waals surface area contributed by atoms with Gasteiger partial charge in [0.15, 0.2) is 0 Å². The molecule has 46 valence electrons. The number of nitrogens with two attached hydrogens (primary N) is 1. The fourth-order valence-electron chi connectivity index (χ4n) is 1.87. The standard InChI is InChI=1S/C6H10FN/c7-5-4-1-6(5,2-4)3-8/h4-5H,1-3,8H2. The quantitative estimate of drug-likeness (QED) is 0.534. The lowest BCUT2D eigenvalue weighted by atomic mass is 9.43. The van der Waals surface area contributed by atoms with Crippen molar-refractivity contribution in [3.8, 4) is 0 Å². The van der Waals surface area contributed by atoms with Gasteiger partial charge in [-0.2, -0.15) is 0 Å². The van der Waals surface area contributed by atoms with Crippen molar-refractivity contribution in [3.63, 3.8) is 0 Å². The number of hydrogen-bond acceptors (Lipinski definition) is 1. The molecule has 3 saturated carbocycles. The van der Waals surface area contributed by atoms with Gasteiger partial charge in [-0.15, -0.1) is 0 Å². The molecule has 0 amide bonds. The molecule has 0 saturated heterocycles. The predicted molar refractivity (Wildman–Crippen MR) is 29.1 cm³/mol. The molecule has 3 aliphatic carbocycles. The summed E-state index contributed by atoms with van der Waals surface area (Å²) in [7, 11) is 0. The molecule has 0 aromatic carbocycles. The molecule has 1 unspecified atom stereocenters. The average Bonchev–Trinajstić information content (AvgIpc) is 1.64. The van der Waals surface area contributed by atoms with Crippen LogP contribution in [0.2, 0.25) is 0 Å². The summed E-state index contributed by atoms with van der Waals surface area (Å²) in [6.45, 7) is 0.560. The molecule has 2 bridgehead atoms. The van der Waals surface area contributed by atoms with Crippen LogP contribution in [0.15, 0.2) is 0 Å². The van der Waals surface area contributed by atoms with Crippen molar-refractivity contribution < 1.29 is 4.39 Å². The first-order valence-electron chi connectivity index (χ1n) is 3.13. The summed E-state index contributed by atoms with van der Waals surface area (Å²) in [6.07, 6.45) is 1.59. The van der Waals surface area contributed by atoms with E-state index in [1.165, 1.54) is 0 Å². The third-order valence-electron chi connectivity index (χ3n) is 2.74. The van der Waals surface area contributed by atoms with Gasteiger partial charge >= 0.3 is 0 Å². The Hall–Kier alpha value is -0.110. The van der Waals surface area contributed by atoms with Crippen LogP contribution in [0.5, 0.6) is 0 Å². The van der Waals surface area contributed by atoms with Gasteiger partial charge in [-0.1, -0.05) is 0 Å². The van der Waals surface area contributed by atoms with Crippen molar-refractivity contribution in [2.24, 2.45) is 17.1 Å². The van der Waals surface area contributed by atoms with E-state index in [2.05, 4.69) is 0 Å². The summed E-state index contributed by atoms with van der Waals surface area (Å²) < 4.78 is 12.5. The Morgan fingerprint density at radius 1 is 1.62 bits per heavy atom. The van der Waals surface area contributed by atoms with Crippen LogP contribution >= 0.6 is 0 Å². The van der Waals surface area contributed by atoms with Crippen LogP contribution < -0.4 is 5.73 Å². The Balaban J connectivity index is 2.08. The van der Waals surface area contributed by atoms with Crippen molar-refractivity contribution in [1.82, 2.24) is 0 Å². The Bertz CT molecular complexity index is 112. The van der Waals surface area contributed by atoms with Gasteiger partial charge in [-0.25, -0.2) is 4.39 Å². The molecular weight excluding hydrogens is 105 g/mol. The maximum atomic E-state index is 12.5. The highest BCUT2D eigenvalue weighted by Crippen LogP contribution is 2.65. The van der Waals surface area contributed by atoms with Crippen molar-refractivity contribution >= 4 is 0 Å². The summed E-state index contributed by atoms with van der Waals surface area (Å²) in [6, 6.07) is 0. The highest BCUT2D eigenvalue weighted by atomic mass is 19.1. The number of rotatable bonds is 1. The third-order valence-corrected chi connectivity index (χ3v) is 2.74. The summed E-state index contributed by atoms with van der Waals surface area (Å²) in [5.74, 6) is 0.401. The SMILES string of the molecule is NCC12CC(C1)C2F. The van der Waals surface area contributed by atoms with E-state index in [0.29, 0.717) is 12.5 Å². The zero-order chi connectivity index (χ0) is 5.78. The minimum Gasteiger partial charge on any atom is -0.330 e. The fourth-order valence-corrected chi connectivity index (χ4v) is 1.87. The van der Waals surface area contributed by atoms with Gasteiger partial charge in [0, 0.05) is 12.0 Å². The van der Waals surface area contributed by atoms with Gasteiger partial charge in [0.2, 0.25) is 0 Å². The van der Waals surface area contributed by atoms with Crippen molar-refractivity contribution in [1.29, 1.82) is 0 Å². The number of alkyl halides is 1. The Morgan fingerprint density at radius 3 is 2.25 bits per heavy atom. The fraction of sp³-hybridized carbons (Fsp3) is 1.00. The topological polar surface area (TPSA) is 26.0 Å². The van der Waals surface area contributed by atoms with Gasteiger partial charge in [0.1, 0.15) is 6.17 Å². The van der Waals surface area contributed by atoms with E-state index >= 15 is 0 Å². The lowest BCUT2D eigenvalue weighted by Crippen LogP contribution is -2.66. The molecule has 3 rings (SSSR count). The van der Waals surface area contributed by atoms with Crippen LogP contribution in [0.1, 0.15) is 12.8 Å². The van der Waals surface area contributed by atoms with E-state index in [-0.39, 0.29) is 5.41 Å². The summed E-state index contributed by atoms with van der Waals surface area (Å²) >= 11 is 0. The zero-order valence-electron chi connectivity index (χ0n) is 4.73. The van der Waals surface area contributed by atoms with E-state index in [9.17, 15) is 4.39 Å². The van der Waals surface area contributed by atoms with Gasteiger partial charge in [0.25, 0.3) is 0 Å². The van der Waals surface area contributed by atoms with E-state index in [1.54, 1.807) is 0 Å². The first-order chi connectivity index (χ1) is 3.78. The molecule has 3 fully saturated rings. The second kappa shape index (κ2) is 1.08. The van der Waals surface area contributed by atoms with Crippen molar-refractivity contribution in [2.45, 2.75) is 19.0 Å². The van der Waals surface area contributed by atoms with Crippen LogP contribution in [-0.2, 0) is 0 Å². The largest absolute Gasteiger partial charge is 0.330 e. The molecule has 1 nitrogen and oxygen atoms in total. The van der Waals surface area contributed by atoms with Crippen LogP contribution in [-0.4, -0.2) is 12.7 Å². The van der Waals surface area contributed by atoms with Gasteiger partial charge in [0.05, 0.1) is 0 Å². The summed E-state index contributed by atoms with van der Waals surface area (Å²) in [5.41, 5.74) is 5.33. The second-order valence-corrected chi connectivity index (χ2v) is 3.14. The van der Waals surface area contributed by atoms with Crippen molar-refractivity contribution in [3.05, 3.63) is 0 Å². The summed E-state index contributed by atoms with van der Waals surface area (Å²) in [4.78, 5) is 0. The van der Waals surface area contributed by atoms with Crippen molar-refractivity contribution in [2.75, 3.05) is 6.54 Å². The predicted octanol–water partition coefficient (Wildman–Crippen LogP) is 0.693. The zero-order valence-corrected chi connectivity index (χ0v) is 4.73. The molecule has 0 heterocycles.